The van der Waals surface area contributed by atoms with E-state index >= 15 is 0 Å². The Morgan fingerprint density at radius 1 is 1.45 bits per heavy atom. The van der Waals surface area contributed by atoms with Gasteiger partial charge in [-0.3, -0.25) is 9.59 Å². The highest BCUT2D eigenvalue weighted by atomic mass is 16.5. The number of nitrogens with zero attached hydrogens (tertiary/aromatic N) is 1. The molecule has 0 radical (unpaired) electrons. The number of aromatic nitrogens is 1. The molecule has 1 N–H and O–H groups in total. The zero-order valence-electron chi connectivity index (χ0n) is 12.6. The summed E-state index contributed by atoms with van der Waals surface area (Å²) in [6.07, 6.45) is 4.94. The Bertz CT molecular complexity index is 679. The molecule has 0 unspecified atom stereocenters. The van der Waals surface area contributed by atoms with Crippen molar-refractivity contribution >= 4 is 23.3 Å². The van der Waals surface area contributed by atoms with Crippen LogP contribution < -0.4 is 0 Å². The molecule has 2 heterocycles. The van der Waals surface area contributed by atoms with Crippen LogP contribution in [0.3, 0.4) is 0 Å². The number of carbonyl (C=O) groups is 2. The van der Waals surface area contributed by atoms with E-state index in [-0.39, 0.29) is 17.9 Å². The molecule has 1 fully saturated rings. The maximum Gasteiger partial charge on any atom is 0.305 e. The van der Waals surface area contributed by atoms with Crippen molar-refractivity contribution in [1.82, 2.24) is 9.88 Å². The van der Waals surface area contributed by atoms with Crippen LogP contribution in [0.1, 0.15) is 30.9 Å². The molecule has 3 rings (SSSR count). The zero-order chi connectivity index (χ0) is 15.5. The number of esters is 1. The minimum Gasteiger partial charge on any atom is -0.469 e. The Balaban J connectivity index is 1.88. The van der Waals surface area contributed by atoms with Crippen molar-refractivity contribution in [3.05, 3.63) is 36.0 Å². The van der Waals surface area contributed by atoms with E-state index in [4.69, 9.17) is 4.74 Å². The van der Waals surface area contributed by atoms with Crippen LogP contribution in [0, 0.1) is 5.92 Å². The van der Waals surface area contributed by atoms with Crippen molar-refractivity contribution in [2.24, 2.45) is 5.92 Å². The molecule has 1 aromatic carbocycles. The molecule has 0 aliphatic carbocycles. The second-order valence-corrected chi connectivity index (χ2v) is 5.82. The third-order valence-corrected chi connectivity index (χ3v) is 4.55. The molecule has 1 amide bonds. The van der Waals surface area contributed by atoms with Gasteiger partial charge in [-0.1, -0.05) is 18.2 Å². The number of fused-ring (bicyclic) bond motifs is 1. The molecule has 116 valence electrons. The molecule has 1 saturated heterocycles. The summed E-state index contributed by atoms with van der Waals surface area (Å²) >= 11 is 0. The number of carbonyl (C=O) groups excluding carboxylic acids is 2. The molecular weight excluding hydrogens is 280 g/mol. The van der Waals surface area contributed by atoms with Gasteiger partial charge in [-0.05, 0) is 30.4 Å². The van der Waals surface area contributed by atoms with E-state index in [1.54, 1.807) is 0 Å². The number of ether oxygens (including phenoxy) is 1. The monoisotopic (exact) mass is 300 g/mol. The first-order valence-electron chi connectivity index (χ1n) is 7.56. The van der Waals surface area contributed by atoms with Gasteiger partial charge in [0, 0.05) is 30.1 Å². The Hall–Kier alpha value is -2.30. The fraction of sp³-hybridized carbons (Fsp3) is 0.412. The number of likely N-dealkylation sites (tertiary alicyclic amines) is 1. The average molecular weight is 300 g/mol. The molecule has 22 heavy (non-hydrogen) atoms. The number of methoxy groups -OCH3 is 1. The number of H-pyrrole nitrogens is 1. The molecule has 0 saturated carbocycles. The lowest BCUT2D eigenvalue weighted by Gasteiger charge is -2.37. The van der Waals surface area contributed by atoms with Gasteiger partial charge in [-0.15, -0.1) is 0 Å². The highest BCUT2D eigenvalue weighted by molar-refractivity contribution is 5.83. The largest absolute Gasteiger partial charge is 0.469 e. The zero-order valence-corrected chi connectivity index (χ0v) is 12.6. The van der Waals surface area contributed by atoms with E-state index in [1.807, 2.05) is 29.3 Å². The molecule has 5 heteroatoms. The number of amides is 1. The summed E-state index contributed by atoms with van der Waals surface area (Å²) in [4.78, 5) is 28.0. The van der Waals surface area contributed by atoms with E-state index in [0.29, 0.717) is 13.0 Å². The van der Waals surface area contributed by atoms with Gasteiger partial charge in [0.1, 0.15) is 0 Å². The summed E-state index contributed by atoms with van der Waals surface area (Å²) in [6, 6.07) is 8.09. The summed E-state index contributed by atoms with van der Waals surface area (Å²) in [7, 11) is 1.42. The van der Waals surface area contributed by atoms with Gasteiger partial charge >= 0.3 is 5.97 Å². The first-order valence-corrected chi connectivity index (χ1v) is 7.56. The molecule has 1 aromatic heterocycles. The predicted molar refractivity (Wildman–Crippen MR) is 83.2 cm³/mol. The van der Waals surface area contributed by atoms with Crippen molar-refractivity contribution in [3.63, 3.8) is 0 Å². The summed E-state index contributed by atoms with van der Waals surface area (Å²) in [6.45, 7) is 0.676. The van der Waals surface area contributed by atoms with Gasteiger partial charge in [0.15, 0.2) is 0 Å². The van der Waals surface area contributed by atoms with Crippen molar-refractivity contribution in [3.8, 4) is 0 Å². The predicted octanol–water partition coefficient (Wildman–Crippen LogP) is 2.64. The number of rotatable bonds is 4. The summed E-state index contributed by atoms with van der Waals surface area (Å²) in [5.74, 6) is 0.0736. The number of piperidine rings is 1. The second kappa shape index (κ2) is 6.22. The third kappa shape index (κ3) is 2.71. The minimum absolute atomic E-state index is 0.0112. The Morgan fingerprint density at radius 2 is 2.27 bits per heavy atom. The number of hydrogen-bond donors (Lipinski definition) is 1. The van der Waals surface area contributed by atoms with Crippen LogP contribution in [0.5, 0.6) is 0 Å². The smallest absolute Gasteiger partial charge is 0.305 e. The molecule has 2 aromatic rings. The van der Waals surface area contributed by atoms with Crippen LogP contribution in [0.4, 0.5) is 0 Å². The van der Waals surface area contributed by atoms with Crippen molar-refractivity contribution in [1.29, 1.82) is 0 Å². The molecule has 2 atom stereocenters. The minimum atomic E-state index is -0.178. The lowest BCUT2D eigenvalue weighted by atomic mass is 9.85. The number of benzene rings is 1. The fourth-order valence-corrected chi connectivity index (χ4v) is 3.36. The van der Waals surface area contributed by atoms with Crippen LogP contribution in [-0.2, 0) is 14.3 Å². The van der Waals surface area contributed by atoms with E-state index < -0.39 is 0 Å². The molecule has 1 aliphatic heterocycles. The normalized spacial score (nSPS) is 21.8. The topological polar surface area (TPSA) is 62.4 Å². The molecule has 0 spiro atoms. The SMILES string of the molecule is COC(=O)C[C@@H]1CCN(C=O)[C@H](c2c[nH]c3ccccc23)C1. The van der Waals surface area contributed by atoms with Gasteiger partial charge in [-0.2, -0.15) is 0 Å². The number of aromatic amines is 1. The first-order chi connectivity index (χ1) is 10.7. The standard InChI is InChI=1S/C17H20N2O3/c1-22-17(21)9-12-6-7-19(11-20)16(8-12)14-10-18-15-5-3-2-4-13(14)15/h2-5,10-12,16,18H,6-9H2,1H3/t12-,16+/m1/s1. The summed E-state index contributed by atoms with van der Waals surface area (Å²) in [5.41, 5.74) is 2.19. The van der Waals surface area contributed by atoms with E-state index in [2.05, 4.69) is 11.1 Å². The van der Waals surface area contributed by atoms with Crippen LogP contribution in [0.15, 0.2) is 30.5 Å². The number of para-hydroxylation sites is 1. The van der Waals surface area contributed by atoms with Gasteiger partial charge in [0.2, 0.25) is 6.41 Å². The van der Waals surface area contributed by atoms with Gasteiger partial charge < -0.3 is 14.6 Å². The van der Waals surface area contributed by atoms with Crippen molar-refractivity contribution in [2.45, 2.75) is 25.3 Å². The van der Waals surface area contributed by atoms with Crippen molar-refractivity contribution in [2.75, 3.05) is 13.7 Å². The number of hydrogen-bond acceptors (Lipinski definition) is 3. The molecule has 1 aliphatic rings. The van der Waals surface area contributed by atoms with Crippen LogP contribution in [0.25, 0.3) is 10.9 Å². The fourth-order valence-electron chi connectivity index (χ4n) is 3.36. The summed E-state index contributed by atoms with van der Waals surface area (Å²) < 4.78 is 4.77. The quantitative estimate of drug-likeness (QED) is 0.697. The third-order valence-electron chi connectivity index (χ3n) is 4.55. The molecule has 5 nitrogen and oxygen atoms in total. The van der Waals surface area contributed by atoms with Crippen LogP contribution in [-0.4, -0.2) is 35.9 Å². The average Bonchev–Trinajstić information content (AvgIpc) is 2.98. The Labute approximate surface area is 129 Å². The maximum absolute atomic E-state index is 11.5. The van der Waals surface area contributed by atoms with E-state index in [9.17, 15) is 9.59 Å². The number of nitrogens with one attached hydrogen (secondary N) is 1. The Morgan fingerprint density at radius 3 is 3.05 bits per heavy atom. The lowest BCUT2D eigenvalue weighted by molar-refractivity contribution is -0.142. The maximum atomic E-state index is 11.5. The highest BCUT2D eigenvalue weighted by Crippen LogP contribution is 2.37. The van der Waals surface area contributed by atoms with Crippen LogP contribution >= 0.6 is 0 Å². The van der Waals surface area contributed by atoms with E-state index in [0.717, 1.165) is 35.7 Å². The van der Waals surface area contributed by atoms with Crippen molar-refractivity contribution < 1.29 is 14.3 Å². The molecule has 0 bridgehead atoms. The van der Waals surface area contributed by atoms with E-state index in [1.165, 1.54) is 7.11 Å². The second-order valence-electron chi connectivity index (χ2n) is 5.82. The van der Waals surface area contributed by atoms with Gasteiger partial charge in [0.25, 0.3) is 0 Å². The Kier molecular flexibility index (Phi) is 4.13. The van der Waals surface area contributed by atoms with Gasteiger partial charge in [-0.25, -0.2) is 0 Å². The molecular formula is C17H20N2O3. The van der Waals surface area contributed by atoms with Gasteiger partial charge in [0.05, 0.1) is 13.2 Å². The van der Waals surface area contributed by atoms with Crippen LogP contribution in [0.2, 0.25) is 0 Å². The lowest BCUT2D eigenvalue weighted by Crippen LogP contribution is -2.36. The summed E-state index contributed by atoms with van der Waals surface area (Å²) in [5, 5.41) is 1.14. The highest BCUT2D eigenvalue weighted by Gasteiger charge is 2.31. The first kappa shape index (κ1) is 14.6.